The third-order valence-electron chi connectivity index (χ3n) is 19.2. The standard InChI is InChI=1S/C88H68BNSSi2/c1-88(2,3)70-39-27-36-66(56-70)69-52-54-81-85(59-69)91-86-62-78(93(73-44-21-9-22-45-73,74-46-23-10-24-47-74)76-49-29-38-68(58-76)64-32-13-5-14-33-64)61-84-87(86)89(81)80-55-53-77(60-83(80)90(84)82-51-26-25-50-79(82)65-34-15-6-16-35-65)92(71-40-17-7-18-41-71,72-42-19-8-20-43-72)75-48-28-37-67(57-75)63-30-11-4-12-31-63/h4-62H,1-3H3/i4D,11D,12D,30D,31D. The maximum Gasteiger partial charge on any atom is 0.249 e. The lowest BCUT2D eigenvalue weighted by atomic mass is 9.35. The molecule has 0 amide bonds. The largest absolute Gasteiger partial charge is 0.311 e. The zero-order chi connectivity index (χ0) is 66.9. The van der Waals surface area contributed by atoms with E-state index in [0.29, 0.717) is 5.56 Å². The Kier molecular flexibility index (Phi) is 13.6. The molecule has 0 atom stereocenters. The third-order valence-corrected chi connectivity index (χ3v) is 29.9. The van der Waals surface area contributed by atoms with Crippen LogP contribution in [0, 0.1) is 0 Å². The Labute approximate surface area is 561 Å². The first-order valence-electron chi connectivity index (χ1n) is 34.6. The number of para-hydroxylation sites is 1. The van der Waals surface area contributed by atoms with E-state index in [1.807, 2.05) is 23.9 Å². The molecule has 14 aromatic carbocycles. The van der Waals surface area contributed by atoms with Crippen molar-refractivity contribution in [3.05, 3.63) is 363 Å². The molecule has 0 radical (unpaired) electrons. The lowest BCUT2D eigenvalue weighted by molar-refractivity contribution is 0.590. The summed E-state index contributed by atoms with van der Waals surface area (Å²) in [4.78, 5) is 5.06. The van der Waals surface area contributed by atoms with Gasteiger partial charge in [-0.05, 0) is 133 Å². The highest BCUT2D eigenvalue weighted by molar-refractivity contribution is 8.00. The van der Waals surface area contributed by atoms with Crippen molar-refractivity contribution in [3.8, 4) is 44.5 Å². The number of rotatable bonds is 13. The maximum absolute atomic E-state index is 9.31. The molecule has 2 aliphatic rings. The molecule has 0 spiro atoms. The van der Waals surface area contributed by atoms with Crippen LogP contribution in [0.1, 0.15) is 33.2 Å². The highest BCUT2D eigenvalue weighted by atomic mass is 32.2. The molecule has 1 nitrogen and oxygen atoms in total. The van der Waals surface area contributed by atoms with Gasteiger partial charge < -0.3 is 4.90 Å². The van der Waals surface area contributed by atoms with Crippen molar-refractivity contribution < 1.29 is 6.85 Å². The van der Waals surface area contributed by atoms with Gasteiger partial charge in [-0.15, -0.1) is 0 Å². The molecule has 0 saturated carbocycles. The van der Waals surface area contributed by atoms with Crippen molar-refractivity contribution in [1.82, 2.24) is 0 Å². The van der Waals surface area contributed by atoms with Crippen LogP contribution in [0.5, 0.6) is 0 Å². The first-order valence-corrected chi connectivity index (χ1v) is 36.9. The van der Waals surface area contributed by atoms with E-state index in [4.69, 9.17) is 4.11 Å². The molecule has 0 saturated heterocycles. The quantitative estimate of drug-likeness (QED) is 0.0836. The summed E-state index contributed by atoms with van der Waals surface area (Å²) in [5.41, 5.74) is 15.8. The van der Waals surface area contributed by atoms with E-state index in [-0.39, 0.29) is 41.9 Å². The van der Waals surface area contributed by atoms with Crippen LogP contribution in [0.25, 0.3) is 44.5 Å². The van der Waals surface area contributed by atoms with Crippen molar-refractivity contribution in [1.29, 1.82) is 0 Å². The Hall–Kier alpha value is -10.3. The number of benzene rings is 14. The minimum absolute atomic E-state index is 0.0382. The van der Waals surface area contributed by atoms with Gasteiger partial charge in [-0.1, -0.05) is 365 Å². The van der Waals surface area contributed by atoms with E-state index in [0.717, 1.165) is 48.9 Å². The topological polar surface area (TPSA) is 3.24 Å². The fourth-order valence-corrected chi connectivity index (χ4v) is 25.9. The summed E-state index contributed by atoms with van der Waals surface area (Å²) in [5.74, 6) is 0. The molecule has 16 rings (SSSR count). The Morgan fingerprint density at radius 2 is 0.753 bits per heavy atom. The van der Waals surface area contributed by atoms with E-state index in [9.17, 15) is 2.74 Å². The minimum atomic E-state index is -3.54. The molecule has 0 unspecified atom stereocenters. The van der Waals surface area contributed by atoms with Gasteiger partial charge >= 0.3 is 0 Å². The second-order valence-corrected chi connectivity index (χ2v) is 34.2. The van der Waals surface area contributed by atoms with Gasteiger partial charge in [0.2, 0.25) is 6.71 Å². The summed E-state index contributed by atoms with van der Waals surface area (Å²) in [6.45, 7) is 6.66. The first kappa shape index (κ1) is 52.4. The van der Waals surface area contributed by atoms with Crippen LogP contribution in [0.3, 0.4) is 0 Å². The minimum Gasteiger partial charge on any atom is -0.311 e. The van der Waals surface area contributed by atoms with Gasteiger partial charge in [0.25, 0.3) is 0 Å². The Bertz CT molecular complexity index is 5260. The Balaban J connectivity index is 1.04. The molecule has 0 N–H and O–H groups in total. The smallest absolute Gasteiger partial charge is 0.249 e. The van der Waals surface area contributed by atoms with Crippen molar-refractivity contribution in [2.24, 2.45) is 0 Å². The zero-order valence-electron chi connectivity index (χ0n) is 57.1. The lowest BCUT2D eigenvalue weighted by Crippen LogP contribution is -2.75. The number of fused-ring (bicyclic) bond motifs is 4. The summed E-state index contributed by atoms with van der Waals surface area (Å²) < 4.78 is 44.9. The van der Waals surface area contributed by atoms with Crippen LogP contribution < -0.4 is 62.8 Å². The number of hydrogen-bond donors (Lipinski definition) is 0. The third kappa shape index (κ3) is 10.1. The van der Waals surface area contributed by atoms with E-state index >= 15 is 0 Å². The molecular formula is C88H68BNSSi2. The highest BCUT2D eigenvalue weighted by Crippen LogP contribution is 2.45. The Morgan fingerprint density at radius 1 is 0.312 bits per heavy atom. The Morgan fingerprint density at radius 3 is 1.33 bits per heavy atom. The van der Waals surface area contributed by atoms with Gasteiger partial charge in [0.1, 0.15) is 0 Å². The molecule has 0 fully saturated rings. The van der Waals surface area contributed by atoms with Gasteiger partial charge in [-0.3, -0.25) is 0 Å². The number of nitrogens with zero attached hydrogens (tertiary/aromatic N) is 1. The van der Waals surface area contributed by atoms with Gasteiger partial charge in [0.15, 0.2) is 16.1 Å². The van der Waals surface area contributed by atoms with Gasteiger partial charge in [-0.25, -0.2) is 0 Å². The van der Waals surface area contributed by atoms with Gasteiger partial charge in [-0.2, -0.15) is 0 Å². The summed E-state index contributed by atoms with van der Waals surface area (Å²) in [6.07, 6.45) is 0. The normalized spacial score (nSPS) is 13.3. The molecule has 442 valence electrons. The van der Waals surface area contributed by atoms with E-state index < -0.39 is 22.2 Å². The molecule has 2 heterocycles. The van der Waals surface area contributed by atoms with Crippen LogP contribution in [0.4, 0.5) is 17.1 Å². The first-order chi connectivity index (χ1) is 47.8. The molecular weight excluding hydrogens is 1170 g/mol. The molecule has 0 aromatic heterocycles. The summed E-state index contributed by atoms with van der Waals surface area (Å²) in [6, 6.07) is 120. The molecule has 0 bridgehead atoms. The monoisotopic (exact) mass is 1240 g/mol. The zero-order valence-corrected chi connectivity index (χ0v) is 54.9. The van der Waals surface area contributed by atoms with Crippen molar-refractivity contribution >= 4 is 110 Å². The number of anilines is 3. The van der Waals surface area contributed by atoms with Crippen molar-refractivity contribution in [3.63, 3.8) is 0 Å². The fraction of sp³-hybridized carbons (Fsp3) is 0.0455. The van der Waals surface area contributed by atoms with Crippen LogP contribution >= 0.6 is 11.8 Å². The second-order valence-electron chi connectivity index (χ2n) is 25.5. The fourth-order valence-electron chi connectivity index (χ4n) is 14.9. The number of hydrogen-bond acceptors (Lipinski definition) is 2. The molecule has 5 heteroatoms. The summed E-state index contributed by atoms with van der Waals surface area (Å²) in [7, 11) is -6.91. The summed E-state index contributed by atoms with van der Waals surface area (Å²) >= 11 is 1.90. The molecule has 14 aromatic rings. The van der Waals surface area contributed by atoms with Crippen molar-refractivity contribution in [2.45, 2.75) is 36.0 Å². The van der Waals surface area contributed by atoms with Crippen LogP contribution in [0.2, 0.25) is 0 Å². The second kappa shape index (κ2) is 24.1. The van der Waals surface area contributed by atoms with Crippen LogP contribution in [0.15, 0.2) is 368 Å². The van der Waals surface area contributed by atoms with Crippen molar-refractivity contribution in [2.75, 3.05) is 4.90 Å². The predicted octanol–water partition coefficient (Wildman–Crippen LogP) is 15.2. The predicted molar refractivity (Wildman–Crippen MR) is 404 cm³/mol. The van der Waals surface area contributed by atoms with E-state index in [1.54, 1.807) is 0 Å². The van der Waals surface area contributed by atoms with E-state index in [1.165, 1.54) is 74.7 Å². The SMILES string of the molecule is [2H]c1c([2H])c([2H])c(-c2cccc([Si](c3ccccc3)(c3ccccc3)c3ccc4c(c3)N(c3ccccc3-c3ccccc3)c3cc([Si](c5ccccc5)(c5ccccc5)c5cccc(-c6ccccc6)c5)cc5c3B4c3ccc(-c4cccc(C(C)(C)C)c4)cc3S5)c2)c([2H])c1[2H]. The molecule has 93 heavy (non-hydrogen) atoms. The average Bonchev–Trinajstić information content (AvgIpc) is 0.693. The summed E-state index contributed by atoms with van der Waals surface area (Å²) in [5, 5.41) is 9.53. The lowest BCUT2D eigenvalue weighted by Gasteiger charge is -2.44. The van der Waals surface area contributed by atoms with Gasteiger partial charge in [0, 0.05) is 26.7 Å². The molecule has 0 aliphatic carbocycles. The average molecular weight is 1240 g/mol. The van der Waals surface area contributed by atoms with Crippen LogP contribution in [-0.4, -0.2) is 22.9 Å². The van der Waals surface area contributed by atoms with Crippen LogP contribution in [-0.2, 0) is 5.41 Å². The maximum atomic E-state index is 9.31. The van der Waals surface area contributed by atoms with E-state index in [2.05, 4.69) is 341 Å². The molecule has 2 aliphatic heterocycles. The highest BCUT2D eigenvalue weighted by Gasteiger charge is 2.49. The van der Waals surface area contributed by atoms with Gasteiger partial charge in [0.05, 0.1) is 12.5 Å².